The lowest BCUT2D eigenvalue weighted by atomic mass is 10.4. The molecule has 3 aromatic carbocycles. The highest BCUT2D eigenvalue weighted by atomic mass is 35.5. The second-order valence-corrected chi connectivity index (χ2v) is 10.9. The zero-order valence-electron chi connectivity index (χ0n) is 16.2. The normalized spacial score (nSPS) is 11.8. The molecule has 150 valence electrons. The molecule has 0 bridgehead atoms. The Hall–Kier alpha value is -1.77. The van der Waals surface area contributed by atoms with Gasteiger partial charge in [-0.1, -0.05) is 66.2 Å². The van der Waals surface area contributed by atoms with Gasteiger partial charge < -0.3 is 0 Å². The van der Waals surface area contributed by atoms with Gasteiger partial charge in [0.05, 0.1) is 0 Å². The molecule has 3 rings (SSSR count). The summed E-state index contributed by atoms with van der Waals surface area (Å²) in [5.41, 5.74) is 0.776. The zero-order valence-corrected chi connectivity index (χ0v) is 19.5. The molecule has 0 heterocycles. The predicted octanol–water partition coefficient (Wildman–Crippen LogP) is 5.27. The van der Waals surface area contributed by atoms with Crippen molar-refractivity contribution in [2.24, 2.45) is 0 Å². The molecule has 29 heavy (non-hydrogen) atoms. The van der Waals surface area contributed by atoms with Gasteiger partial charge in [0.1, 0.15) is 20.3 Å². The van der Waals surface area contributed by atoms with E-state index in [0.717, 1.165) is 21.4 Å². The van der Waals surface area contributed by atoms with Crippen molar-refractivity contribution in [3.63, 3.8) is 0 Å². The van der Waals surface area contributed by atoms with E-state index in [1.807, 2.05) is 60.9 Å². The van der Waals surface area contributed by atoms with E-state index in [4.69, 9.17) is 11.6 Å². The van der Waals surface area contributed by atoms with Gasteiger partial charge in [-0.25, -0.2) is 0 Å². The van der Waals surface area contributed by atoms with Crippen molar-refractivity contribution >= 4 is 64.9 Å². The molecule has 0 saturated heterocycles. The summed E-state index contributed by atoms with van der Waals surface area (Å²) < 4.78 is 0.597. The molecular weight excluding hydrogens is 440 g/mol. The second kappa shape index (κ2) is 10.8. The number of carbonyl (C=O) groups is 1. The number of amides is 1. The van der Waals surface area contributed by atoms with Crippen molar-refractivity contribution < 1.29 is 4.79 Å². The zero-order chi connectivity index (χ0) is 20.0. The van der Waals surface area contributed by atoms with Crippen LogP contribution in [-0.4, -0.2) is 12.2 Å². The molecule has 1 amide bonds. The van der Waals surface area contributed by atoms with Gasteiger partial charge in [0, 0.05) is 6.92 Å². The molecule has 0 fully saturated rings. The summed E-state index contributed by atoms with van der Waals surface area (Å²) in [5, 5.41) is 6.53. The molecule has 0 aliphatic heterocycles. The standard InChI is InChI=1S/C23H21ClNOPS.ClH/c1-18(26)25-23(22(24)28-2)27(19-12-6-3-7-13-19,20-14-8-4-9-15-20)21-16-10-5-11-17-21;/h3-17H,1-2H3;1H/p+1/b23-22+;. The van der Waals surface area contributed by atoms with Crippen molar-refractivity contribution in [1.29, 1.82) is 0 Å². The van der Waals surface area contributed by atoms with Crippen LogP contribution in [0.15, 0.2) is 101 Å². The highest BCUT2D eigenvalue weighted by molar-refractivity contribution is 8.05. The van der Waals surface area contributed by atoms with Gasteiger partial charge in [0.25, 0.3) is 0 Å². The van der Waals surface area contributed by atoms with E-state index in [9.17, 15) is 4.79 Å². The van der Waals surface area contributed by atoms with Crippen LogP contribution in [0.25, 0.3) is 0 Å². The third-order valence-corrected chi connectivity index (χ3v) is 10.1. The fourth-order valence-corrected chi connectivity index (χ4v) is 8.79. The van der Waals surface area contributed by atoms with Gasteiger partial charge in [0.2, 0.25) is 11.3 Å². The number of carbonyl (C=O) groups excluding carboxylic acids is 1. The van der Waals surface area contributed by atoms with Gasteiger partial charge in [0.15, 0.2) is 7.26 Å². The van der Waals surface area contributed by atoms with Crippen LogP contribution < -0.4 is 21.2 Å². The van der Waals surface area contributed by atoms with Crippen LogP contribution in [0.4, 0.5) is 0 Å². The second-order valence-electron chi connectivity index (χ2n) is 6.19. The van der Waals surface area contributed by atoms with E-state index in [2.05, 4.69) is 41.7 Å². The number of rotatable bonds is 6. The molecule has 0 aliphatic rings. The predicted molar refractivity (Wildman–Crippen MR) is 133 cm³/mol. The van der Waals surface area contributed by atoms with Crippen molar-refractivity contribution in [3.8, 4) is 0 Å². The van der Waals surface area contributed by atoms with Crippen LogP contribution in [0.5, 0.6) is 0 Å². The summed E-state index contributed by atoms with van der Waals surface area (Å²) in [4.78, 5) is 12.2. The minimum Gasteiger partial charge on any atom is -0.295 e. The Bertz CT molecular complexity index is 869. The molecule has 0 radical (unpaired) electrons. The van der Waals surface area contributed by atoms with Gasteiger partial charge in [-0.2, -0.15) is 0 Å². The number of benzene rings is 3. The Morgan fingerprint density at radius 2 is 1.14 bits per heavy atom. The van der Waals surface area contributed by atoms with E-state index in [-0.39, 0.29) is 18.3 Å². The largest absolute Gasteiger partial charge is 0.295 e. The van der Waals surface area contributed by atoms with Gasteiger partial charge >= 0.3 is 0 Å². The highest BCUT2D eigenvalue weighted by Gasteiger charge is 2.51. The Kier molecular flexibility index (Phi) is 8.79. The molecule has 0 saturated carbocycles. The van der Waals surface area contributed by atoms with E-state index in [1.54, 1.807) is 0 Å². The lowest BCUT2D eigenvalue weighted by molar-refractivity contribution is -0.118. The molecule has 6 heteroatoms. The number of halogens is 2. The van der Waals surface area contributed by atoms with E-state index in [0.29, 0.717) is 4.36 Å². The lowest BCUT2D eigenvalue weighted by Gasteiger charge is -2.29. The first-order valence-electron chi connectivity index (χ1n) is 8.88. The van der Waals surface area contributed by atoms with Crippen LogP contribution in [-0.2, 0) is 4.79 Å². The van der Waals surface area contributed by atoms with E-state index in [1.165, 1.54) is 18.7 Å². The Morgan fingerprint density at radius 1 is 0.793 bits per heavy atom. The van der Waals surface area contributed by atoms with Crippen molar-refractivity contribution in [3.05, 3.63) is 101 Å². The first-order chi connectivity index (χ1) is 13.6. The molecule has 0 aromatic heterocycles. The minimum absolute atomic E-state index is 0. The molecule has 0 atom stereocenters. The summed E-state index contributed by atoms with van der Waals surface area (Å²) in [5.74, 6) is -0.130. The van der Waals surface area contributed by atoms with Crippen LogP contribution >= 0.6 is 43.0 Å². The van der Waals surface area contributed by atoms with E-state index < -0.39 is 7.26 Å². The third kappa shape index (κ3) is 4.87. The van der Waals surface area contributed by atoms with Gasteiger partial charge in [-0.05, 0) is 42.7 Å². The number of thioether (sulfide) groups is 1. The molecule has 0 unspecified atom stereocenters. The van der Waals surface area contributed by atoms with Crippen LogP contribution in [0.1, 0.15) is 6.92 Å². The monoisotopic (exact) mass is 462 g/mol. The minimum atomic E-state index is -2.40. The van der Waals surface area contributed by atoms with Crippen LogP contribution in [0.3, 0.4) is 0 Å². The molecule has 0 spiro atoms. The average molecular weight is 463 g/mol. The average Bonchev–Trinajstić information content (AvgIpc) is 2.75. The third-order valence-electron chi connectivity index (χ3n) is 4.43. The first-order valence-corrected chi connectivity index (χ1v) is 12.3. The summed E-state index contributed by atoms with van der Waals surface area (Å²) in [6.07, 6.45) is 1.93. The summed E-state index contributed by atoms with van der Waals surface area (Å²) in [6.45, 7) is 1.53. The molecular formula is C23H23Cl2NOPS+. The van der Waals surface area contributed by atoms with Gasteiger partial charge in [-0.3, -0.25) is 10.1 Å². The summed E-state index contributed by atoms with van der Waals surface area (Å²) in [6, 6.07) is 31.0. The number of hydrogen-bond acceptors (Lipinski definition) is 2. The topological polar surface area (TPSA) is 29.1 Å². The fraction of sp³-hybridized carbons (Fsp3) is 0.0870. The van der Waals surface area contributed by atoms with Crippen molar-refractivity contribution in [2.45, 2.75) is 6.92 Å². The van der Waals surface area contributed by atoms with E-state index >= 15 is 0 Å². The Labute approximate surface area is 188 Å². The lowest BCUT2D eigenvalue weighted by Crippen LogP contribution is -2.38. The van der Waals surface area contributed by atoms with Crippen molar-refractivity contribution in [1.82, 2.24) is 5.32 Å². The molecule has 1 N–H and O–H groups in total. The summed E-state index contributed by atoms with van der Waals surface area (Å²) >= 11 is 8.21. The van der Waals surface area contributed by atoms with Crippen LogP contribution in [0, 0.1) is 0 Å². The Morgan fingerprint density at radius 3 is 1.41 bits per heavy atom. The molecule has 0 aliphatic carbocycles. The maximum atomic E-state index is 12.2. The molecule has 3 aromatic rings. The quantitative estimate of drug-likeness (QED) is 0.505. The number of nitrogens with one attached hydrogen (secondary N) is 1. The first kappa shape index (κ1) is 23.5. The molecule has 2 nitrogen and oxygen atoms in total. The van der Waals surface area contributed by atoms with Crippen LogP contribution in [0.2, 0.25) is 0 Å². The maximum Gasteiger partial charge on any atom is 0.223 e. The Balaban J connectivity index is 0.00000300. The fourth-order valence-electron chi connectivity index (χ4n) is 3.32. The van der Waals surface area contributed by atoms with Gasteiger partial charge in [-0.15, -0.1) is 24.2 Å². The maximum absolute atomic E-state index is 12.2. The SMILES string of the molecule is CS/C(Cl)=C(\NC(C)=O)[P+](c1ccccc1)(c1ccccc1)c1ccccc1.Cl. The summed E-state index contributed by atoms with van der Waals surface area (Å²) in [7, 11) is -2.40. The highest BCUT2D eigenvalue weighted by Crippen LogP contribution is 2.63. The number of hydrogen-bond donors (Lipinski definition) is 1. The smallest absolute Gasteiger partial charge is 0.223 e. The van der Waals surface area contributed by atoms with Crippen molar-refractivity contribution in [2.75, 3.05) is 6.26 Å².